The zero-order valence-electron chi connectivity index (χ0n) is 9.89. The fourth-order valence-corrected chi connectivity index (χ4v) is 2.88. The molecule has 1 saturated carbocycles. The number of hydrogen-bond acceptors (Lipinski definition) is 3. The van der Waals surface area contributed by atoms with E-state index in [0.717, 1.165) is 12.8 Å². The molecule has 19 heavy (non-hydrogen) atoms. The molecule has 0 radical (unpaired) electrons. The fraction of sp³-hybridized carbons (Fsp3) is 0.333. The Morgan fingerprint density at radius 1 is 1.42 bits per heavy atom. The summed E-state index contributed by atoms with van der Waals surface area (Å²) in [6, 6.07) is 4.63. The predicted octanol–water partition coefficient (Wildman–Crippen LogP) is 1.53. The second kappa shape index (κ2) is 5.83. The molecule has 5 nitrogen and oxygen atoms in total. The van der Waals surface area contributed by atoms with E-state index in [-0.39, 0.29) is 23.3 Å². The van der Waals surface area contributed by atoms with Gasteiger partial charge in [-0.15, -0.1) is 0 Å². The molecule has 0 saturated heterocycles. The Morgan fingerprint density at radius 3 is 2.68 bits per heavy atom. The third-order valence-corrected chi connectivity index (χ3v) is 4.63. The summed E-state index contributed by atoms with van der Waals surface area (Å²) in [6.07, 6.45) is 1.94. The van der Waals surface area contributed by atoms with Gasteiger partial charge in [0.15, 0.2) is 0 Å². The first-order valence-corrected chi connectivity index (χ1v) is 7.79. The summed E-state index contributed by atoms with van der Waals surface area (Å²) < 4.78 is 12.4. The molecule has 1 aliphatic rings. The zero-order chi connectivity index (χ0) is 14.0. The van der Waals surface area contributed by atoms with Crippen molar-refractivity contribution in [3.05, 3.63) is 28.2 Å². The lowest BCUT2D eigenvalue weighted by Crippen LogP contribution is -2.30. The van der Waals surface area contributed by atoms with Crippen LogP contribution >= 0.6 is 15.9 Å². The Balaban J connectivity index is 2.07. The van der Waals surface area contributed by atoms with Crippen LogP contribution in [0.25, 0.3) is 0 Å². The van der Waals surface area contributed by atoms with E-state index in [1.54, 1.807) is 6.07 Å². The van der Waals surface area contributed by atoms with Gasteiger partial charge in [-0.2, -0.15) is 0 Å². The Kier molecular flexibility index (Phi) is 4.36. The van der Waals surface area contributed by atoms with E-state index in [9.17, 15) is 13.8 Å². The minimum absolute atomic E-state index is 0.0356. The summed E-state index contributed by atoms with van der Waals surface area (Å²) in [7, 11) is -1.53. The molecule has 1 aromatic carbocycles. The predicted molar refractivity (Wildman–Crippen MR) is 73.5 cm³/mol. The first-order chi connectivity index (χ1) is 8.97. The van der Waals surface area contributed by atoms with Gasteiger partial charge in [0.1, 0.15) is 5.75 Å². The summed E-state index contributed by atoms with van der Waals surface area (Å²) >= 11 is 3.11. The maximum Gasteiger partial charge on any atom is 0.336 e. The average molecular weight is 346 g/mol. The maximum absolute atomic E-state index is 12.0. The summed E-state index contributed by atoms with van der Waals surface area (Å²) in [5.74, 6) is -1.51. The van der Waals surface area contributed by atoms with Gasteiger partial charge in [0.2, 0.25) is 5.91 Å². The third kappa shape index (κ3) is 3.87. The molecule has 1 aliphatic carbocycles. The third-order valence-electron chi connectivity index (χ3n) is 2.64. The molecule has 1 fully saturated rings. The van der Waals surface area contributed by atoms with E-state index < -0.39 is 16.8 Å². The largest absolute Gasteiger partial charge is 0.478 e. The summed E-state index contributed by atoms with van der Waals surface area (Å²) in [5.41, 5.74) is 0.0356. The average Bonchev–Trinajstić information content (AvgIpc) is 3.12. The van der Waals surface area contributed by atoms with Crippen LogP contribution in [0.5, 0.6) is 0 Å². The SMILES string of the molecule is O=C(CS(=O)c1ccc(Br)c(C(=O)O)c1)NC1CC1. The number of aromatic carboxylic acids is 1. The van der Waals surface area contributed by atoms with E-state index in [0.29, 0.717) is 9.37 Å². The van der Waals surface area contributed by atoms with Crippen LogP contribution in [0.2, 0.25) is 0 Å². The van der Waals surface area contributed by atoms with Gasteiger partial charge >= 0.3 is 5.97 Å². The number of nitrogens with one attached hydrogen (secondary N) is 1. The first-order valence-electron chi connectivity index (χ1n) is 5.68. The van der Waals surface area contributed by atoms with Crippen molar-refractivity contribution >= 4 is 38.6 Å². The smallest absolute Gasteiger partial charge is 0.336 e. The van der Waals surface area contributed by atoms with Crippen LogP contribution in [-0.2, 0) is 15.6 Å². The molecular weight excluding hydrogens is 334 g/mol. The van der Waals surface area contributed by atoms with E-state index in [2.05, 4.69) is 21.2 Å². The summed E-state index contributed by atoms with van der Waals surface area (Å²) in [4.78, 5) is 22.8. The van der Waals surface area contributed by atoms with Crippen molar-refractivity contribution in [3.63, 3.8) is 0 Å². The van der Waals surface area contributed by atoms with Crippen LogP contribution in [0.4, 0.5) is 0 Å². The highest BCUT2D eigenvalue weighted by Crippen LogP contribution is 2.21. The van der Waals surface area contributed by atoms with Gasteiger partial charge in [-0.1, -0.05) is 0 Å². The fourth-order valence-electron chi connectivity index (χ4n) is 1.51. The van der Waals surface area contributed by atoms with Crippen molar-refractivity contribution < 1.29 is 18.9 Å². The van der Waals surface area contributed by atoms with Crippen LogP contribution in [0.3, 0.4) is 0 Å². The lowest BCUT2D eigenvalue weighted by atomic mass is 10.2. The molecule has 102 valence electrons. The van der Waals surface area contributed by atoms with Gasteiger partial charge in [0.05, 0.1) is 16.4 Å². The zero-order valence-corrected chi connectivity index (χ0v) is 12.3. The quantitative estimate of drug-likeness (QED) is 0.847. The van der Waals surface area contributed by atoms with Gasteiger partial charge in [-0.3, -0.25) is 9.00 Å². The number of carbonyl (C=O) groups excluding carboxylic acids is 1. The number of carboxylic acid groups (broad SMARTS) is 1. The van der Waals surface area contributed by atoms with E-state index >= 15 is 0 Å². The highest BCUT2D eigenvalue weighted by Gasteiger charge is 2.24. The normalized spacial score (nSPS) is 15.8. The minimum Gasteiger partial charge on any atom is -0.478 e. The summed E-state index contributed by atoms with van der Waals surface area (Å²) in [6.45, 7) is 0. The Morgan fingerprint density at radius 2 is 2.11 bits per heavy atom. The number of carbonyl (C=O) groups is 2. The molecular formula is C12H12BrNO4S. The number of halogens is 1. The Labute approximate surface area is 121 Å². The van der Waals surface area contributed by atoms with E-state index in [1.807, 2.05) is 0 Å². The summed E-state index contributed by atoms with van der Waals surface area (Å²) in [5, 5.41) is 11.7. The minimum atomic E-state index is -1.53. The second-order valence-electron chi connectivity index (χ2n) is 4.28. The molecule has 7 heteroatoms. The molecule has 0 bridgehead atoms. The standard InChI is InChI=1S/C12H12BrNO4S/c13-10-4-3-8(5-9(10)12(16)17)19(18)6-11(15)14-7-1-2-7/h3-5,7H,1-2,6H2,(H,14,15)(H,16,17). The number of carboxylic acids is 1. The van der Waals surface area contributed by atoms with Crippen molar-refractivity contribution in [3.8, 4) is 0 Å². The molecule has 1 aromatic rings. The van der Waals surface area contributed by atoms with Crippen LogP contribution in [0, 0.1) is 0 Å². The molecule has 0 heterocycles. The number of amides is 1. The van der Waals surface area contributed by atoms with Crippen LogP contribution in [0.1, 0.15) is 23.2 Å². The molecule has 2 rings (SSSR count). The van der Waals surface area contributed by atoms with Crippen LogP contribution < -0.4 is 5.32 Å². The Bertz CT molecular complexity index is 557. The lowest BCUT2D eigenvalue weighted by Gasteiger charge is -2.06. The number of rotatable bonds is 5. The molecule has 1 unspecified atom stereocenters. The van der Waals surface area contributed by atoms with E-state index in [1.165, 1.54) is 12.1 Å². The molecule has 0 aliphatic heterocycles. The monoisotopic (exact) mass is 345 g/mol. The van der Waals surface area contributed by atoms with Gasteiger partial charge in [0, 0.05) is 15.4 Å². The molecule has 1 amide bonds. The first kappa shape index (κ1) is 14.2. The van der Waals surface area contributed by atoms with Crippen molar-refractivity contribution in [2.75, 3.05) is 5.75 Å². The second-order valence-corrected chi connectivity index (χ2v) is 6.58. The van der Waals surface area contributed by atoms with Gasteiger partial charge in [-0.25, -0.2) is 4.79 Å². The van der Waals surface area contributed by atoms with Crippen molar-refractivity contribution in [2.45, 2.75) is 23.8 Å². The van der Waals surface area contributed by atoms with Gasteiger partial charge < -0.3 is 10.4 Å². The van der Waals surface area contributed by atoms with Crippen molar-refractivity contribution in [2.24, 2.45) is 0 Å². The topological polar surface area (TPSA) is 83.5 Å². The Hall–Kier alpha value is -1.21. The molecule has 1 atom stereocenters. The molecule has 2 N–H and O–H groups in total. The van der Waals surface area contributed by atoms with Crippen molar-refractivity contribution in [1.29, 1.82) is 0 Å². The van der Waals surface area contributed by atoms with Crippen LogP contribution in [-0.4, -0.2) is 33.0 Å². The number of benzene rings is 1. The highest BCUT2D eigenvalue weighted by atomic mass is 79.9. The maximum atomic E-state index is 12.0. The lowest BCUT2D eigenvalue weighted by molar-refractivity contribution is -0.118. The van der Waals surface area contributed by atoms with Gasteiger partial charge in [0.25, 0.3) is 0 Å². The molecule has 0 spiro atoms. The van der Waals surface area contributed by atoms with Crippen LogP contribution in [0.15, 0.2) is 27.6 Å². The number of hydrogen-bond donors (Lipinski definition) is 2. The van der Waals surface area contributed by atoms with Crippen molar-refractivity contribution in [1.82, 2.24) is 5.32 Å². The van der Waals surface area contributed by atoms with E-state index in [4.69, 9.17) is 5.11 Å². The highest BCUT2D eigenvalue weighted by molar-refractivity contribution is 9.10. The van der Waals surface area contributed by atoms with Gasteiger partial charge in [-0.05, 0) is 47.0 Å². The molecule has 0 aromatic heterocycles.